The molecule has 33 heavy (non-hydrogen) atoms. The minimum absolute atomic E-state index is 0.0503. The fraction of sp³-hybridized carbons (Fsp3) is 0.480. The van der Waals surface area contributed by atoms with Gasteiger partial charge in [0.1, 0.15) is 5.82 Å². The number of rotatable bonds is 6. The van der Waals surface area contributed by atoms with Crippen molar-refractivity contribution in [3.05, 3.63) is 53.2 Å². The fourth-order valence-electron chi connectivity index (χ4n) is 5.03. The van der Waals surface area contributed by atoms with Crippen molar-refractivity contribution < 1.29 is 18.5 Å². The Hall–Kier alpha value is -3.00. The van der Waals surface area contributed by atoms with Crippen molar-refractivity contribution in [3.8, 4) is 0 Å². The average Bonchev–Trinajstić information content (AvgIpc) is 3.42. The number of halogens is 1. The number of hydrogen-bond acceptors (Lipinski definition) is 5. The highest BCUT2D eigenvalue weighted by molar-refractivity contribution is 6.09. The van der Waals surface area contributed by atoms with Crippen LogP contribution in [0.15, 0.2) is 35.1 Å². The van der Waals surface area contributed by atoms with Gasteiger partial charge in [0.05, 0.1) is 11.3 Å². The highest BCUT2D eigenvalue weighted by Crippen LogP contribution is 2.32. The van der Waals surface area contributed by atoms with Crippen LogP contribution in [0.1, 0.15) is 64.4 Å². The maximum absolute atomic E-state index is 13.4. The van der Waals surface area contributed by atoms with Crippen LogP contribution in [0.25, 0.3) is 11.0 Å². The third kappa shape index (κ3) is 4.44. The van der Waals surface area contributed by atoms with Crippen LogP contribution in [0.5, 0.6) is 0 Å². The van der Waals surface area contributed by atoms with Crippen LogP contribution >= 0.6 is 0 Å². The molecule has 0 radical (unpaired) electrons. The summed E-state index contributed by atoms with van der Waals surface area (Å²) in [4.78, 5) is 28.9. The molecule has 3 aromatic rings. The van der Waals surface area contributed by atoms with E-state index in [4.69, 9.17) is 4.52 Å². The Bertz CT molecular complexity index is 1180. The lowest BCUT2D eigenvalue weighted by Gasteiger charge is -2.31. The van der Waals surface area contributed by atoms with E-state index < -0.39 is 0 Å². The van der Waals surface area contributed by atoms with Gasteiger partial charge in [0.25, 0.3) is 5.91 Å². The minimum Gasteiger partial charge on any atom is -0.356 e. The van der Waals surface area contributed by atoms with Crippen LogP contribution in [0.2, 0.25) is 0 Å². The number of benzene rings is 1. The van der Waals surface area contributed by atoms with E-state index in [1.165, 1.54) is 12.1 Å². The van der Waals surface area contributed by atoms with Gasteiger partial charge in [-0.25, -0.2) is 4.39 Å². The quantitative estimate of drug-likeness (QED) is 0.527. The van der Waals surface area contributed by atoms with E-state index in [9.17, 15) is 14.0 Å². The average molecular weight is 453 g/mol. The molecule has 0 atom stereocenters. The number of carbonyl (C=O) groups is 2. The number of piperidine rings is 1. The zero-order valence-corrected chi connectivity index (χ0v) is 18.9. The van der Waals surface area contributed by atoms with Gasteiger partial charge in [-0.1, -0.05) is 5.16 Å². The molecule has 0 aliphatic carbocycles. The van der Waals surface area contributed by atoms with Crippen LogP contribution in [-0.4, -0.2) is 64.4 Å². The molecule has 2 aromatic heterocycles. The number of aryl methyl sites for hydroxylation is 1. The number of aromatic nitrogens is 2. The van der Waals surface area contributed by atoms with Gasteiger partial charge < -0.3 is 18.9 Å². The van der Waals surface area contributed by atoms with Gasteiger partial charge in [-0.15, -0.1) is 0 Å². The second kappa shape index (κ2) is 9.09. The molecule has 2 aliphatic rings. The van der Waals surface area contributed by atoms with Crippen molar-refractivity contribution in [3.63, 3.8) is 0 Å². The van der Waals surface area contributed by atoms with Crippen LogP contribution < -0.4 is 0 Å². The molecule has 4 heterocycles. The predicted molar refractivity (Wildman–Crippen MR) is 122 cm³/mol. The molecule has 8 heteroatoms. The van der Waals surface area contributed by atoms with Gasteiger partial charge in [-0.2, -0.15) is 0 Å². The SMILES string of the molecule is CN1CCC(=O)c2cn(CCCCN3CCC(c4noc5cc(F)ccc45)CC3)cc2C1=O. The first-order chi connectivity index (χ1) is 16.0. The molecule has 5 rings (SSSR count). The highest BCUT2D eigenvalue weighted by atomic mass is 19.1. The Kier molecular flexibility index (Phi) is 6.01. The normalized spacial score (nSPS) is 18.2. The molecule has 2 aliphatic heterocycles. The zero-order chi connectivity index (χ0) is 22.9. The number of carbonyl (C=O) groups excluding carboxylic acids is 2. The Balaban J connectivity index is 1.10. The monoisotopic (exact) mass is 452 g/mol. The third-order valence-electron chi connectivity index (χ3n) is 7.01. The molecule has 1 fully saturated rings. The number of unbranched alkanes of at least 4 members (excludes halogenated alkanes) is 1. The van der Waals surface area contributed by atoms with Gasteiger partial charge >= 0.3 is 0 Å². The number of likely N-dealkylation sites (tertiary alicyclic amines) is 1. The van der Waals surface area contributed by atoms with E-state index in [-0.39, 0.29) is 17.5 Å². The lowest BCUT2D eigenvalue weighted by molar-refractivity contribution is 0.0797. The van der Waals surface area contributed by atoms with Crippen molar-refractivity contribution >= 4 is 22.7 Å². The predicted octanol–water partition coefficient (Wildman–Crippen LogP) is 4.09. The number of Topliss-reactive ketones (excluding diaryl/α,β-unsaturated/α-hetero) is 1. The van der Waals surface area contributed by atoms with Crippen LogP contribution in [0.3, 0.4) is 0 Å². The summed E-state index contributed by atoms with van der Waals surface area (Å²) in [5.41, 5.74) is 2.57. The van der Waals surface area contributed by atoms with E-state index in [0.717, 1.165) is 62.9 Å². The molecule has 0 N–H and O–H groups in total. The summed E-state index contributed by atoms with van der Waals surface area (Å²) < 4.78 is 20.7. The van der Waals surface area contributed by atoms with Crippen molar-refractivity contribution in [2.75, 3.05) is 33.2 Å². The van der Waals surface area contributed by atoms with Gasteiger partial charge in [-0.05, 0) is 57.5 Å². The van der Waals surface area contributed by atoms with E-state index in [2.05, 4.69) is 10.1 Å². The lowest BCUT2D eigenvalue weighted by Crippen LogP contribution is -2.33. The fourth-order valence-corrected chi connectivity index (χ4v) is 5.03. The molecule has 1 saturated heterocycles. The molecule has 0 saturated carbocycles. The highest BCUT2D eigenvalue weighted by Gasteiger charge is 2.27. The Morgan fingerprint density at radius 2 is 1.82 bits per heavy atom. The Morgan fingerprint density at radius 1 is 1.06 bits per heavy atom. The second-order valence-corrected chi connectivity index (χ2v) is 9.25. The van der Waals surface area contributed by atoms with Crippen molar-refractivity contribution in [1.82, 2.24) is 19.5 Å². The number of amides is 1. The standard InChI is InChI=1S/C25H29FN4O3/c1-28-11-8-22(31)20-15-30(16-21(20)25(28)32)10-3-2-9-29-12-6-17(7-13-29)24-19-5-4-18(26)14-23(19)33-27-24/h4-5,14-17H,2-3,6-13H2,1H3. The van der Waals surface area contributed by atoms with Gasteiger partial charge in [-0.3, -0.25) is 9.59 Å². The summed E-state index contributed by atoms with van der Waals surface area (Å²) in [6.45, 7) is 4.32. The molecule has 0 bridgehead atoms. The third-order valence-corrected chi connectivity index (χ3v) is 7.01. The number of ketones is 1. The van der Waals surface area contributed by atoms with Crippen molar-refractivity contribution in [2.24, 2.45) is 0 Å². The van der Waals surface area contributed by atoms with Gasteiger partial charge in [0, 0.05) is 61.9 Å². The molecule has 1 amide bonds. The topological polar surface area (TPSA) is 71.6 Å². The lowest BCUT2D eigenvalue weighted by atomic mass is 9.91. The summed E-state index contributed by atoms with van der Waals surface area (Å²) in [5.74, 6) is 0.0226. The summed E-state index contributed by atoms with van der Waals surface area (Å²) >= 11 is 0. The first-order valence-corrected chi connectivity index (χ1v) is 11.8. The first-order valence-electron chi connectivity index (χ1n) is 11.8. The number of fused-ring (bicyclic) bond motifs is 2. The van der Waals surface area contributed by atoms with E-state index >= 15 is 0 Å². The zero-order valence-electron chi connectivity index (χ0n) is 18.9. The van der Waals surface area contributed by atoms with E-state index in [1.807, 2.05) is 17.0 Å². The minimum atomic E-state index is -0.305. The van der Waals surface area contributed by atoms with Crippen molar-refractivity contribution in [2.45, 2.75) is 44.6 Å². The second-order valence-electron chi connectivity index (χ2n) is 9.25. The number of hydrogen-bond donors (Lipinski definition) is 0. The summed E-state index contributed by atoms with van der Waals surface area (Å²) in [6, 6.07) is 4.63. The number of nitrogens with zero attached hydrogens (tertiary/aromatic N) is 4. The molecule has 7 nitrogen and oxygen atoms in total. The Labute approximate surface area is 192 Å². The maximum Gasteiger partial charge on any atom is 0.255 e. The van der Waals surface area contributed by atoms with Gasteiger partial charge in [0.15, 0.2) is 11.4 Å². The van der Waals surface area contributed by atoms with E-state index in [1.54, 1.807) is 18.0 Å². The molecule has 1 aromatic carbocycles. The van der Waals surface area contributed by atoms with Crippen molar-refractivity contribution in [1.29, 1.82) is 0 Å². The summed E-state index contributed by atoms with van der Waals surface area (Å²) in [6.07, 6.45) is 8.14. The van der Waals surface area contributed by atoms with Crippen LogP contribution in [0.4, 0.5) is 4.39 Å². The molecule has 0 unspecified atom stereocenters. The molecule has 0 spiro atoms. The largest absolute Gasteiger partial charge is 0.356 e. The summed E-state index contributed by atoms with van der Waals surface area (Å²) in [5, 5.41) is 5.15. The Morgan fingerprint density at radius 3 is 2.64 bits per heavy atom. The van der Waals surface area contributed by atoms with Gasteiger partial charge in [0.2, 0.25) is 0 Å². The smallest absolute Gasteiger partial charge is 0.255 e. The maximum atomic E-state index is 13.4. The van der Waals surface area contributed by atoms with E-state index in [0.29, 0.717) is 35.6 Å². The molecular weight excluding hydrogens is 423 g/mol. The molecular formula is C25H29FN4O3. The van der Waals surface area contributed by atoms with Crippen LogP contribution in [-0.2, 0) is 6.54 Å². The molecule has 174 valence electrons. The first kappa shape index (κ1) is 21.8. The van der Waals surface area contributed by atoms with Crippen LogP contribution in [0, 0.1) is 5.82 Å². The summed E-state index contributed by atoms with van der Waals surface area (Å²) in [7, 11) is 1.75.